The largest absolute Gasteiger partial charge is 0.507 e. The molecule has 0 saturated carbocycles. The molecule has 0 radical (unpaired) electrons. The predicted molar refractivity (Wildman–Crippen MR) is 119 cm³/mol. The molecule has 0 fully saturated rings. The van der Waals surface area contributed by atoms with Gasteiger partial charge in [0.2, 0.25) is 10.0 Å². The third kappa shape index (κ3) is 3.61. The van der Waals surface area contributed by atoms with Gasteiger partial charge in [-0.1, -0.05) is 0 Å². The van der Waals surface area contributed by atoms with Crippen LogP contribution in [0.3, 0.4) is 0 Å². The van der Waals surface area contributed by atoms with Gasteiger partial charge < -0.3 is 20.3 Å². The number of ether oxygens (including phenoxy) is 1. The van der Waals surface area contributed by atoms with E-state index in [-0.39, 0.29) is 51.8 Å². The number of rotatable bonds is 6. The summed E-state index contributed by atoms with van der Waals surface area (Å²) in [7, 11) is -0.680. The molecule has 33 heavy (non-hydrogen) atoms. The zero-order chi connectivity index (χ0) is 25.0. The van der Waals surface area contributed by atoms with Gasteiger partial charge in [-0.25, -0.2) is 12.7 Å². The van der Waals surface area contributed by atoms with E-state index < -0.39 is 44.3 Å². The maximum Gasteiger partial charge on any atom is 0.215 e. The van der Waals surface area contributed by atoms with Crippen LogP contribution in [0.15, 0.2) is 23.1 Å². The summed E-state index contributed by atoms with van der Waals surface area (Å²) in [5.41, 5.74) is -1.85. The number of hydrogen-bond acceptors (Lipinski definition) is 9. The number of Topliss-reactive ketones (excluding diaryl/α,β-unsaturated/α-hetero) is 2. The van der Waals surface area contributed by atoms with Crippen LogP contribution in [0.25, 0.3) is 0 Å². The molecule has 0 aromatic heterocycles. The van der Waals surface area contributed by atoms with Gasteiger partial charge in [0.25, 0.3) is 0 Å². The molecule has 1 atom stereocenters. The second-order valence-electron chi connectivity index (χ2n) is 8.41. The molecule has 3 N–H and O–H groups in total. The highest BCUT2D eigenvalue weighted by molar-refractivity contribution is 7.89. The number of carbonyl (C=O) groups excluding carboxylic acids is 3. The number of phenolic OH excluding ortho intramolecular Hbond substituents is 2. The molecule has 1 aromatic carbocycles. The van der Waals surface area contributed by atoms with Crippen molar-refractivity contribution in [1.29, 1.82) is 0 Å². The second kappa shape index (κ2) is 7.99. The average molecular weight is 479 g/mol. The number of aromatic hydroxyl groups is 2. The van der Waals surface area contributed by atoms with Crippen molar-refractivity contribution in [2.45, 2.75) is 33.1 Å². The molecule has 1 aliphatic carbocycles. The maximum absolute atomic E-state index is 13.6. The Morgan fingerprint density at radius 3 is 2.33 bits per heavy atom. The quantitative estimate of drug-likeness (QED) is 0.310. The second-order valence-corrected chi connectivity index (χ2v) is 10.7. The predicted octanol–water partition coefficient (Wildman–Crippen LogP) is 1.05. The van der Waals surface area contributed by atoms with Crippen LogP contribution in [-0.4, -0.2) is 66.7 Å². The summed E-state index contributed by atoms with van der Waals surface area (Å²) in [5.74, 6) is -3.24. The number of sulfonamides is 1. The summed E-state index contributed by atoms with van der Waals surface area (Å²) < 4.78 is 30.7. The Morgan fingerprint density at radius 2 is 1.79 bits per heavy atom. The molecular formula is C22H26N2O8S. The molecule has 3 rings (SSSR count). The Balaban J connectivity index is 2.11. The average Bonchev–Trinajstić information content (AvgIpc) is 2.99. The van der Waals surface area contributed by atoms with Crippen molar-refractivity contribution in [2.75, 3.05) is 26.4 Å². The van der Waals surface area contributed by atoms with E-state index in [1.54, 1.807) is 0 Å². The van der Waals surface area contributed by atoms with Crippen molar-refractivity contribution in [3.8, 4) is 17.2 Å². The van der Waals surface area contributed by atoms with E-state index in [0.29, 0.717) is 0 Å². The number of ketones is 3. The minimum Gasteiger partial charge on any atom is -0.507 e. The number of phenols is 2. The topological polar surface area (TPSA) is 150 Å². The number of hydrogen-bond donors (Lipinski definition) is 3. The van der Waals surface area contributed by atoms with Gasteiger partial charge in [-0.3, -0.25) is 14.4 Å². The summed E-state index contributed by atoms with van der Waals surface area (Å²) in [6.45, 7) is 5.51. The van der Waals surface area contributed by atoms with Crippen LogP contribution in [-0.2, 0) is 25.0 Å². The lowest BCUT2D eigenvalue weighted by Crippen LogP contribution is -2.41. The lowest BCUT2D eigenvalue weighted by molar-refractivity contribution is -0.123. The first-order chi connectivity index (χ1) is 15.2. The first-order valence-electron chi connectivity index (χ1n) is 10.1. The molecule has 178 valence electrons. The van der Waals surface area contributed by atoms with Crippen LogP contribution in [0.2, 0.25) is 0 Å². The van der Waals surface area contributed by atoms with Gasteiger partial charge in [0.1, 0.15) is 34.0 Å². The zero-order valence-electron chi connectivity index (χ0n) is 19.2. The van der Waals surface area contributed by atoms with E-state index in [0.717, 1.165) is 10.4 Å². The lowest BCUT2D eigenvalue weighted by Gasteiger charge is -2.29. The summed E-state index contributed by atoms with van der Waals surface area (Å²) in [6.07, 6.45) is 1.11. The fraction of sp³-hybridized carbons (Fsp3) is 0.409. The molecule has 0 unspecified atom stereocenters. The zero-order valence-corrected chi connectivity index (χ0v) is 20.0. The number of fused-ring (bicyclic) bond motifs is 3. The minimum absolute atomic E-state index is 0.00370. The Morgan fingerprint density at radius 1 is 1.18 bits per heavy atom. The third-order valence-corrected chi connectivity index (χ3v) is 7.90. The molecule has 1 aliphatic heterocycles. The Bertz CT molecular complexity index is 1270. The van der Waals surface area contributed by atoms with Gasteiger partial charge in [-0.05, 0) is 27.7 Å². The minimum atomic E-state index is -3.49. The molecule has 0 bridgehead atoms. The van der Waals surface area contributed by atoms with Crippen molar-refractivity contribution in [2.24, 2.45) is 0 Å². The van der Waals surface area contributed by atoms with Crippen LogP contribution in [0, 0.1) is 6.92 Å². The number of allylic oxidation sites excluding steroid dienone is 4. The van der Waals surface area contributed by atoms with Crippen LogP contribution in [0.5, 0.6) is 17.2 Å². The summed E-state index contributed by atoms with van der Waals surface area (Å²) in [6, 6.07) is 0. The molecule has 10 nitrogen and oxygen atoms in total. The number of benzene rings is 1. The Labute approximate surface area is 191 Å². The molecule has 1 aromatic rings. The molecule has 2 aliphatic rings. The summed E-state index contributed by atoms with van der Waals surface area (Å²) in [5, 5.41) is 24.0. The van der Waals surface area contributed by atoms with E-state index in [1.807, 2.05) is 0 Å². The van der Waals surface area contributed by atoms with E-state index in [2.05, 4.69) is 5.32 Å². The summed E-state index contributed by atoms with van der Waals surface area (Å²) in [4.78, 5) is 38.6. The highest BCUT2D eigenvalue weighted by atomic mass is 32.2. The van der Waals surface area contributed by atoms with Crippen LogP contribution in [0.1, 0.15) is 42.3 Å². The molecule has 0 spiro atoms. The van der Waals surface area contributed by atoms with Gasteiger partial charge in [-0.2, -0.15) is 0 Å². The van der Waals surface area contributed by atoms with E-state index in [1.165, 1.54) is 41.8 Å². The van der Waals surface area contributed by atoms with Crippen LogP contribution >= 0.6 is 0 Å². The highest BCUT2D eigenvalue weighted by Gasteiger charge is 2.56. The van der Waals surface area contributed by atoms with Gasteiger partial charge in [0, 0.05) is 38.0 Å². The van der Waals surface area contributed by atoms with E-state index in [4.69, 9.17) is 4.74 Å². The van der Waals surface area contributed by atoms with E-state index in [9.17, 15) is 33.0 Å². The van der Waals surface area contributed by atoms with Crippen molar-refractivity contribution >= 4 is 27.4 Å². The van der Waals surface area contributed by atoms with Crippen molar-refractivity contribution in [3.63, 3.8) is 0 Å². The molecule has 1 heterocycles. The molecule has 0 saturated heterocycles. The van der Waals surface area contributed by atoms with Crippen molar-refractivity contribution in [3.05, 3.63) is 39.8 Å². The lowest BCUT2D eigenvalue weighted by atomic mass is 9.70. The van der Waals surface area contributed by atoms with Crippen LogP contribution in [0.4, 0.5) is 0 Å². The highest BCUT2D eigenvalue weighted by Crippen LogP contribution is 2.57. The van der Waals surface area contributed by atoms with Gasteiger partial charge in [0.05, 0.1) is 16.9 Å². The first-order valence-corrected chi connectivity index (χ1v) is 11.7. The third-order valence-electron chi connectivity index (χ3n) is 6.07. The van der Waals surface area contributed by atoms with Gasteiger partial charge in [-0.15, -0.1) is 0 Å². The number of nitrogens with zero attached hydrogens (tertiary/aromatic N) is 1. The fourth-order valence-corrected chi connectivity index (χ4v) is 4.73. The van der Waals surface area contributed by atoms with Crippen molar-refractivity contribution in [1.82, 2.24) is 9.62 Å². The summed E-state index contributed by atoms with van der Waals surface area (Å²) >= 11 is 0. The van der Waals surface area contributed by atoms with Crippen LogP contribution < -0.4 is 10.1 Å². The fourth-order valence-electron chi connectivity index (χ4n) is 4.00. The molecule has 11 heteroatoms. The van der Waals surface area contributed by atoms with Gasteiger partial charge in [0.15, 0.2) is 17.3 Å². The van der Waals surface area contributed by atoms with Crippen molar-refractivity contribution < 1.29 is 37.8 Å². The SMILES string of the molecule is CC(=O)c1c(O)c(C)c(O)c2c1OC1=CC(=O)/C(=C(/C)NCCS(=O)(=O)N(C)C)C(=O)[C@@]12C. The Hall–Kier alpha value is -3.18. The van der Waals surface area contributed by atoms with Gasteiger partial charge >= 0.3 is 0 Å². The first kappa shape index (κ1) is 24.5. The maximum atomic E-state index is 13.6. The number of nitrogens with one attached hydrogen (secondary N) is 1. The number of carbonyl (C=O) groups is 3. The van der Waals surface area contributed by atoms with E-state index >= 15 is 0 Å². The monoisotopic (exact) mass is 478 g/mol. The standard InChI is InChI=1S/C22H26N2O8S/c1-10-18(27)16(12(3)25)20-17(19(10)28)22(4)14(32-20)9-13(26)15(21(22)29)11(2)23-7-8-33(30,31)24(5)6/h9,23,27-28H,7-8H2,1-6H3/b15-11+/t22-/m0/s1. The Kier molecular flexibility index (Phi) is 5.93. The molecular weight excluding hydrogens is 452 g/mol. The normalized spacial score (nSPS) is 21.4. The smallest absolute Gasteiger partial charge is 0.215 e. The molecule has 0 amide bonds.